The number of amides is 1. The molecule has 0 unspecified atom stereocenters. The summed E-state index contributed by atoms with van der Waals surface area (Å²) in [7, 11) is 4.23. The van der Waals surface area contributed by atoms with Crippen molar-refractivity contribution < 1.29 is 37.1 Å². The summed E-state index contributed by atoms with van der Waals surface area (Å²) < 4.78 is 54.8. The van der Waals surface area contributed by atoms with E-state index >= 15 is 0 Å². The number of hydrogen-bond acceptors (Lipinski definition) is 7. The summed E-state index contributed by atoms with van der Waals surface area (Å²) in [4.78, 5) is 23.9. The highest BCUT2D eigenvalue weighted by molar-refractivity contribution is 7.99. The zero-order valence-electron chi connectivity index (χ0n) is 18.6. The minimum Gasteiger partial charge on any atom is -0.493 e. The van der Waals surface area contributed by atoms with Gasteiger partial charge >= 0.3 is 6.18 Å². The predicted molar refractivity (Wildman–Crippen MR) is 123 cm³/mol. The number of benzene rings is 3. The van der Waals surface area contributed by atoms with Gasteiger partial charge in [0.05, 0.1) is 42.4 Å². The van der Waals surface area contributed by atoms with E-state index in [0.29, 0.717) is 22.4 Å². The molecular weight excluding hydrogens is 489 g/mol. The van der Waals surface area contributed by atoms with Gasteiger partial charge < -0.3 is 19.5 Å². The first kappa shape index (κ1) is 25.7. The van der Waals surface area contributed by atoms with Crippen LogP contribution in [0.5, 0.6) is 17.2 Å². The Morgan fingerprint density at radius 3 is 2.11 bits per heavy atom. The maximum atomic E-state index is 13.0. The average Bonchev–Trinajstić information content (AvgIpc) is 2.83. The van der Waals surface area contributed by atoms with E-state index < -0.39 is 28.3 Å². The van der Waals surface area contributed by atoms with Crippen LogP contribution in [0.4, 0.5) is 24.5 Å². The number of nitrogens with one attached hydrogen (secondary N) is 1. The summed E-state index contributed by atoms with van der Waals surface area (Å²) >= 11 is 0.854. The molecule has 0 atom stereocenters. The smallest absolute Gasteiger partial charge is 0.416 e. The van der Waals surface area contributed by atoms with Gasteiger partial charge in [0.25, 0.3) is 11.6 Å². The third-order valence-corrected chi connectivity index (χ3v) is 5.91. The topological polar surface area (TPSA) is 99.9 Å². The molecule has 0 aromatic heterocycles. The lowest BCUT2D eigenvalue weighted by Gasteiger charge is -2.15. The molecule has 0 spiro atoms. The van der Waals surface area contributed by atoms with Crippen LogP contribution in [0.3, 0.4) is 0 Å². The fraction of sp³-hybridized carbons (Fsp3) is 0.174. The van der Waals surface area contributed by atoms with Gasteiger partial charge in [0, 0.05) is 16.5 Å². The Balaban J connectivity index is 1.94. The largest absolute Gasteiger partial charge is 0.493 e. The lowest BCUT2D eigenvalue weighted by molar-refractivity contribution is -0.388. The lowest BCUT2D eigenvalue weighted by Crippen LogP contribution is -2.13. The highest BCUT2D eigenvalue weighted by atomic mass is 32.2. The molecule has 3 rings (SSSR count). The molecule has 35 heavy (non-hydrogen) atoms. The van der Waals surface area contributed by atoms with Crippen molar-refractivity contribution in [1.82, 2.24) is 0 Å². The number of hydrogen-bond donors (Lipinski definition) is 1. The van der Waals surface area contributed by atoms with Crippen LogP contribution < -0.4 is 19.5 Å². The normalized spacial score (nSPS) is 11.0. The molecular formula is C23H19F3N2O6S. The van der Waals surface area contributed by atoms with Crippen LogP contribution in [0.15, 0.2) is 64.4 Å². The van der Waals surface area contributed by atoms with E-state index in [9.17, 15) is 28.1 Å². The molecule has 184 valence electrons. The molecule has 0 aliphatic carbocycles. The van der Waals surface area contributed by atoms with Gasteiger partial charge in [-0.25, -0.2) is 0 Å². The van der Waals surface area contributed by atoms with Crippen molar-refractivity contribution in [2.75, 3.05) is 26.6 Å². The second kappa shape index (κ2) is 10.6. The van der Waals surface area contributed by atoms with E-state index in [2.05, 4.69) is 5.32 Å². The summed E-state index contributed by atoms with van der Waals surface area (Å²) in [6.07, 6.45) is -4.72. The summed E-state index contributed by atoms with van der Waals surface area (Å²) in [6.45, 7) is 0. The van der Waals surface area contributed by atoms with Crippen LogP contribution in [-0.4, -0.2) is 32.2 Å². The molecule has 0 saturated carbocycles. The van der Waals surface area contributed by atoms with Crippen molar-refractivity contribution in [3.8, 4) is 17.2 Å². The van der Waals surface area contributed by atoms with Crippen molar-refractivity contribution in [2.45, 2.75) is 16.0 Å². The van der Waals surface area contributed by atoms with Gasteiger partial charge in [-0.2, -0.15) is 13.2 Å². The number of ether oxygens (including phenoxy) is 3. The quantitative estimate of drug-likeness (QED) is 0.292. The van der Waals surface area contributed by atoms with Crippen molar-refractivity contribution in [3.63, 3.8) is 0 Å². The third kappa shape index (κ3) is 5.77. The van der Waals surface area contributed by atoms with Gasteiger partial charge in [0.15, 0.2) is 11.5 Å². The predicted octanol–water partition coefficient (Wildman–Crippen LogP) is 6.04. The van der Waals surface area contributed by atoms with E-state index in [1.807, 2.05) is 0 Å². The van der Waals surface area contributed by atoms with Gasteiger partial charge in [-0.3, -0.25) is 14.9 Å². The number of halogens is 3. The number of rotatable bonds is 8. The molecule has 0 heterocycles. The van der Waals surface area contributed by atoms with Gasteiger partial charge in [-0.1, -0.05) is 23.9 Å². The van der Waals surface area contributed by atoms with E-state index in [4.69, 9.17) is 14.2 Å². The lowest BCUT2D eigenvalue weighted by atomic mass is 10.1. The maximum Gasteiger partial charge on any atom is 0.416 e. The van der Waals surface area contributed by atoms with Crippen LogP contribution in [-0.2, 0) is 6.18 Å². The fourth-order valence-electron chi connectivity index (χ4n) is 3.11. The van der Waals surface area contributed by atoms with Gasteiger partial charge in [-0.15, -0.1) is 0 Å². The number of methoxy groups -OCH3 is 3. The molecule has 3 aromatic rings. The number of carbonyl (C=O) groups excluding carboxylic acids is 1. The van der Waals surface area contributed by atoms with Gasteiger partial charge in [0.2, 0.25) is 5.75 Å². The number of nitro benzene ring substituents is 1. The minimum atomic E-state index is -4.72. The highest BCUT2D eigenvalue weighted by Gasteiger charge is 2.33. The van der Waals surface area contributed by atoms with E-state index in [1.165, 1.54) is 33.5 Å². The number of alkyl halides is 3. The van der Waals surface area contributed by atoms with Crippen molar-refractivity contribution in [2.24, 2.45) is 0 Å². The third-order valence-electron chi connectivity index (χ3n) is 4.77. The number of nitrogens with zero attached hydrogens (tertiary/aromatic N) is 1. The molecule has 3 aromatic carbocycles. The average molecular weight is 508 g/mol. The molecule has 0 aliphatic rings. The molecule has 0 aliphatic heterocycles. The number of nitro groups is 1. The number of anilines is 1. The van der Waals surface area contributed by atoms with E-state index in [0.717, 1.165) is 23.9 Å². The number of para-hydroxylation sites is 1. The van der Waals surface area contributed by atoms with Crippen molar-refractivity contribution in [1.29, 1.82) is 0 Å². The SMILES string of the molecule is COc1cc(C(=O)Nc2ccccc2Sc2ccc(C(F)(F)F)cc2[N+](=O)[O-])cc(OC)c1OC. The van der Waals surface area contributed by atoms with Crippen molar-refractivity contribution in [3.05, 3.63) is 75.8 Å². The summed E-state index contributed by atoms with van der Waals surface area (Å²) in [6, 6.07) is 11.6. The Morgan fingerprint density at radius 2 is 1.57 bits per heavy atom. The molecule has 0 fully saturated rings. The zero-order chi connectivity index (χ0) is 25.8. The Labute approximate surface area is 202 Å². The first-order valence-corrected chi connectivity index (χ1v) is 10.6. The summed E-state index contributed by atoms with van der Waals surface area (Å²) in [5, 5.41) is 14.1. The monoisotopic (exact) mass is 508 g/mol. The number of carbonyl (C=O) groups is 1. The molecule has 1 N–H and O–H groups in total. The summed E-state index contributed by atoms with van der Waals surface area (Å²) in [5.74, 6) is 0.288. The first-order chi connectivity index (χ1) is 16.6. The van der Waals surface area contributed by atoms with Crippen LogP contribution in [0.25, 0.3) is 0 Å². The molecule has 0 bridgehead atoms. The van der Waals surface area contributed by atoms with Gasteiger partial charge in [-0.05, 0) is 36.4 Å². The van der Waals surface area contributed by atoms with Crippen LogP contribution in [0.2, 0.25) is 0 Å². The second-order valence-electron chi connectivity index (χ2n) is 6.90. The Bertz CT molecular complexity index is 1240. The minimum absolute atomic E-state index is 0.0162. The van der Waals surface area contributed by atoms with Crippen molar-refractivity contribution >= 4 is 29.0 Å². The van der Waals surface area contributed by atoms with E-state index in [1.54, 1.807) is 24.3 Å². The molecule has 12 heteroatoms. The van der Waals surface area contributed by atoms with Crippen LogP contribution in [0.1, 0.15) is 15.9 Å². The Hall–Kier alpha value is -3.93. The fourth-order valence-corrected chi connectivity index (χ4v) is 4.09. The van der Waals surface area contributed by atoms with Crippen LogP contribution >= 0.6 is 11.8 Å². The Kier molecular flexibility index (Phi) is 7.75. The van der Waals surface area contributed by atoms with Gasteiger partial charge in [0.1, 0.15) is 0 Å². The standard InChI is InChI=1S/C23H19F3N2O6S/c1-32-17-10-13(11-18(33-2)21(17)34-3)22(29)27-15-6-4-5-7-19(15)35-20-9-8-14(23(24,25)26)12-16(20)28(30)31/h4-12H,1-3H3,(H,27,29). The molecule has 0 radical (unpaired) electrons. The Morgan fingerprint density at radius 1 is 0.943 bits per heavy atom. The molecule has 1 amide bonds. The zero-order valence-corrected chi connectivity index (χ0v) is 19.5. The maximum absolute atomic E-state index is 13.0. The first-order valence-electron chi connectivity index (χ1n) is 9.83. The highest BCUT2D eigenvalue weighted by Crippen LogP contribution is 2.42. The second-order valence-corrected chi connectivity index (χ2v) is 7.99. The molecule has 0 saturated heterocycles. The summed E-state index contributed by atoms with van der Waals surface area (Å²) in [5.41, 5.74) is -1.35. The molecule has 8 nitrogen and oxygen atoms in total. The van der Waals surface area contributed by atoms with E-state index in [-0.39, 0.29) is 22.0 Å². The van der Waals surface area contributed by atoms with Crippen LogP contribution in [0, 0.1) is 10.1 Å².